The lowest BCUT2D eigenvalue weighted by molar-refractivity contribution is 0.198. The highest BCUT2D eigenvalue weighted by Crippen LogP contribution is 2.51. The number of nitrogens with zero attached hydrogens (tertiary/aromatic N) is 2. The van der Waals surface area contributed by atoms with Crippen LogP contribution in [0.1, 0.15) is 32.6 Å². The molecule has 0 aliphatic heterocycles. The summed E-state index contributed by atoms with van der Waals surface area (Å²) in [4.78, 5) is 0. The molecule has 1 aromatic heterocycles. The first-order valence-electron chi connectivity index (χ1n) is 6.92. The number of aromatic nitrogens is 2. The molecule has 1 heterocycles. The molecule has 0 unspecified atom stereocenters. The van der Waals surface area contributed by atoms with Gasteiger partial charge in [0, 0.05) is 20.2 Å². The van der Waals surface area contributed by atoms with Crippen LogP contribution in [0.2, 0.25) is 0 Å². The molecular weight excluding hydrogens is 244 g/mol. The number of rotatable bonds is 9. The zero-order valence-electron chi connectivity index (χ0n) is 12.0. The van der Waals surface area contributed by atoms with Gasteiger partial charge in [-0.05, 0) is 24.2 Å². The Kier molecular flexibility index (Phi) is 4.76. The molecule has 0 radical (unpaired) electrons. The van der Waals surface area contributed by atoms with Crippen molar-refractivity contribution >= 4 is 6.01 Å². The molecular formula is C13H24N4O2. The molecule has 0 spiro atoms. The molecule has 6 nitrogen and oxygen atoms in total. The maximum absolute atomic E-state index is 5.53. The van der Waals surface area contributed by atoms with E-state index in [0.717, 1.165) is 13.1 Å². The number of hydrogen-bond donors (Lipinski definition) is 2. The average molecular weight is 268 g/mol. The lowest BCUT2D eigenvalue weighted by Crippen LogP contribution is -2.21. The SMILES string of the molecule is COCCNCc1nnc(NCC2(C(C)C)CC2)o1. The first-order valence-corrected chi connectivity index (χ1v) is 6.92. The Hall–Kier alpha value is -1.14. The van der Waals surface area contributed by atoms with Gasteiger partial charge < -0.3 is 19.8 Å². The van der Waals surface area contributed by atoms with Crippen LogP contribution < -0.4 is 10.6 Å². The highest BCUT2D eigenvalue weighted by molar-refractivity contribution is 5.20. The van der Waals surface area contributed by atoms with Gasteiger partial charge in [0.2, 0.25) is 5.89 Å². The van der Waals surface area contributed by atoms with Gasteiger partial charge in [0.05, 0.1) is 13.2 Å². The van der Waals surface area contributed by atoms with E-state index in [1.54, 1.807) is 7.11 Å². The average Bonchev–Trinajstić information content (AvgIpc) is 3.06. The third-order valence-electron chi connectivity index (χ3n) is 3.93. The maximum Gasteiger partial charge on any atom is 0.315 e. The van der Waals surface area contributed by atoms with Crippen molar-refractivity contribution in [3.05, 3.63) is 5.89 Å². The van der Waals surface area contributed by atoms with Gasteiger partial charge in [0.1, 0.15) is 0 Å². The lowest BCUT2D eigenvalue weighted by Gasteiger charge is -2.18. The predicted molar refractivity (Wildman–Crippen MR) is 72.9 cm³/mol. The van der Waals surface area contributed by atoms with Gasteiger partial charge in [0.25, 0.3) is 0 Å². The summed E-state index contributed by atoms with van der Waals surface area (Å²) >= 11 is 0. The van der Waals surface area contributed by atoms with Crippen LogP contribution in [0, 0.1) is 11.3 Å². The van der Waals surface area contributed by atoms with Crippen LogP contribution in [-0.2, 0) is 11.3 Å². The van der Waals surface area contributed by atoms with Crippen LogP contribution >= 0.6 is 0 Å². The van der Waals surface area contributed by atoms with Crippen LogP contribution in [0.5, 0.6) is 0 Å². The van der Waals surface area contributed by atoms with E-state index < -0.39 is 0 Å². The summed E-state index contributed by atoms with van der Waals surface area (Å²) in [5.74, 6) is 1.30. The molecule has 2 rings (SSSR count). The van der Waals surface area contributed by atoms with Crippen molar-refractivity contribution in [1.82, 2.24) is 15.5 Å². The molecule has 2 N–H and O–H groups in total. The molecule has 1 saturated carbocycles. The summed E-state index contributed by atoms with van der Waals surface area (Å²) < 4.78 is 10.5. The van der Waals surface area contributed by atoms with Gasteiger partial charge in [-0.2, -0.15) is 0 Å². The second-order valence-corrected chi connectivity index (χ2v) is 5.54. The van der Waals surface area contributed by atoms with Crippen molar-refractivity contribution < 1.29 is 9.15 Å². The van der Waals surface area contributed by atoms with Gasteiger partial charge >= 0.3 is 6.01 Å². The Bertz CT molecular complexity index is 388. The van der Waals surface area contributed by atoms with E-state index in [1.807, 2.05) is 0 Å². The van der Waals surface area contributed by atoms with Crippen molar-refractivity contribution in [3.63, 3.8) is 0 Å². The minimum atomic E-state index is 0.436. The molecule has 0 bridgehead atoms. The minimum Gasteiger partial charge on any atom is -0.407 e. The Morgan fingerprint density at radius 3 is 2.79 bits per heavy atom. The standard InChI is InChI=1S/C13H24N4O2/c1-10(2)13(4-5-13)9-15-12-17-16-11(19-12)8-14-6-7-18-3/h10,14H,4-9H2,1-3H3,(H,15,17). The fourth-order valence-corrected chi connectivity index (χ4v) is 2.14. The van der Waals surface area contributed by atoms with E-state index in [9.17, 15) is 0 Å². The first kappa shape index (κ1) is 14.3. The van der Waals surface area contributed by atoms with E-state index >= 15 is 0 Å². The largest absolute Gasteiger partial charge is 0.407 e. The highest BCUT2D eigenvalue weighted by atomic mass is 16.5. The van der Waals surface area contributed by atoms with Crippen molar-refractivity contribution in [2.75, 3.05) is 32.1 Å². The second-order valence-electron chi connectivity index (χ2n) is 5.54. The maximum atomic E-state index is 5.53. The van der Waals surface area contributed by atoms with Gasteiger partial charge in [-0.1, -0.05) is 18.9 Å². The Labute approximate surface area is 114 Å². The summed E-state index contributed by atoms with van der Waals surface area (Å²) in [5, 5.41) is 14.4. The van der Waals surface area contributed by atoms with E-state index in [2.05, 4.69) is 34.7 Å². The predicted octanol–water partition coefficient (Wildman–Crippen LogP) is 1.65. The molecule has 19 heavy (non-hydrogen) atoms. The van der Waals surface area contributed by atoms with Crippen LogP contribution in [-0.4, -0.2) is 37.0 Å². The monoisotopic (exact) mass is 268 g/mol. The quantitative estimate of drug-likeness (QED) is 0.664. The minimum absolute atomic E-state index is 0.436. The van der Waals surface area contributed by atoms with Gasteiger partial charge in [0.15, 0.2) is 0 Å². The Morgan fingerprint density at radius 2 is 2.16 bits per heavy atom. The molecule has 6 heteroatoms. The Morgan fingerprint density at radius 1 is 1.37 bits per heavy atom. The number of methoxy groups -OCH3 is 1. The van der Waals surface area contributed by atoms with E-state index in [1.165, 1.54) is 12.8 Å². The number of nitrogens with one attached hydrogen (secondary N) is 2. The van der Waals surface area contributed by atoms with Crippen LogP contribution in [0.4, 0.5) is 6.01 Å². The smallest absolute Gasteiger partial charge is 0.315 e. The van der Waals surface area contributed by atoms with Crippen molar-refractivity contribution in [2.24, 2.45) is 11.3 Å². The number of anilines is 1. The van der Waals surface area contributed by atoms with Crippen LogP contribution in [0.3, 0.4) is 0 Å². The zero-order valence-corrected chi connectivity index (χ0v) is 12.0. The molecule has 0 saturated heterocycles. The van der Waals surface area contributed by atoms with E-state index in [0.29, 0.717) is 36.4 Å². The zero-order chi connectivity index (χ0) is 13.7. The van der Waals surface area contributed by atoms with E-state index in [4.69, 9.17) is 9.15 Å². The second kappa shape index (κ2) is 6.34. The normalized spacial score (nSPS) is 16.8. The van der Waals surface area contributed by atoms with Crippen molar-refractivity contribution in [2.45, 2.75) is 33.2 Å². The summed E-state index contributed by atoms with van der Waals surface area (Å²) in [6.45, 7) is 7.49. The number of hydrogen-bond acceptors (Lipinski definition) is 6. The summed E-state index contributed by atoms with van der Waals surface area (Å²) in [5.41, 5.74) is 0.436. The van der Waals surface area contributed by atoms with Crippen LogP contribution in [0.25, 0.3) is 0 Å². The molecule has 108 valence electrons. The molecule has 0 atom stereocenters. The molecule has 1 aliphatic carbocycles. The van der Waals surface area contributed by atoms with Crippen LogP contribution in [0.15, 0.2) is 4.42 Å². The topological polar surface area (TPSA) is 72.2 Å². The molecule has 0 amide bonds. The fourth-order valence-electron chi connectivity index (χ4n) is 2.14. The van der Waals surface area contributed by atoms with Gasteiger partial charge in [-0.25, -0.2) is 0 Å². The van der Waals surface area contributed by atoms with Crippen molar-refractivity contribution in [1.29, 1.82) is 0 Å². The van der Waals surface area contributed by atoms with Crippen molar-refractivity contribution in [3.8, 4) is 0 Å². The number of ether oxygens (including phenoxy) is 1. The fraction of sp³-hybridized carbons (Fsp3) is 0.846. The molecule has 1 aromatic rings. The van der Waals surface area contributed by atoms with Gasteiger partial charge in [-0.3, -0.25) is 0 Å². The van der Waals surface area contributed by atoms with Gasteiger partial charge in [-0.15, -0.1) is 5.10 Å². The Balaban J connectivity index is 1.72. The highest BCUT2D eigenvalue weighted by Gasteiger charge is 2.45. The summed E-state index contributed by atoms with van der Waals surface area (Å²) in [7, 11) is 1.68. The summed E-state index contributed by atoms with van der Waals surface area (Å²) in [6.07, 6.45) is 2.58. The van der Waals surface area contributed by atoms with E-state index in [-0.39, 0.29) is 0 Å². The first-order chi connectivity index (χ1) is 9.16. The third-order valence-corrected chi connectivity index (χ3v) is 3.93. The molecule has 1 fully saturated rings. The third kappa shape index (κ3) is 3.91. The summed E-state index contributed by atoms with van der Waals surface area (Å²) in [6, 6.07) is 0.524. The molecule has 0 aromatic carbocycles. The lowest BCUT2D eigenvalue weighted by atomic mass is 9.92. The molecule has 1 aliphatic rings.